The van der Waals surface area contributed by atoms with Crippen molar-refractivity contribution in [1.29, 1.82) is 0 Å². The lowest BCUT2D eigenvalue weighted by Gasteiger charge is -2.15. The number of nitrogens with zero attached hydrogens (tertiary/aromatic N) is 2. The lowest BCUT2D eigenvalue weighted by atomic mass is 10.0. The van der Waals surface area contributed by atoms with E-state index in [-0.39, 0.29) is 16.7 Å². The van der Waals surface area contributed by atoms with E-state index in [2.05, 4.69) is 15.6 Å². The van der Waals surface area contributed by atoms with Gasteiger partial charge < -0.3 is 15.5 Å². The first-order valence-corrected chi connectivity index (χ1v) is 13.1. The minimum absolute atomic E-state index is 0.148. The number of anilines is 2. The van der Waals surface area contributed by atoms with E-state index < -0.39 is 9.84 Å². The van der Waals surface area contributed by atoms with Crippen molar-refractivity contribution >= 4 is 27.2 Å². The van der Waals surface area contributed by atoms with E-state index in [9.17, 15) is 13.2 Å². The highest BCUT2D eigenvalue weighted by Gasteiger charge is 2.20. The number of hydrogen-bond donors (Lipinski definition) is 2. The number of rotatable bonds is 8. The van der Waals surface area contributed by atoms with E-state index >= 15 is 0 Å². The van der Waals surface area contributed by atoms with Crippen LogP contribution in [0.5, 0.6) is 0 Å². The van der Waals surface area contributed by atoms with Crippen molar-refractivity contribution in [1.82, 2.24) is 10.3 Å². The average molecular weight is 501 g/mol. The number of urea groups is 1. The Bertz CT molecular complexity index is 1440. The zero-order valence-electron chi connectivity index (χ0n) is 20.2. The third-order valence-electron chi connectivity index (χ3n) is 5.64. The highest BCUT2D eigenvalue weighted by atomic mass is 32.2. The quantitative estimate of drug-likeness (QED) is 0.351. The molecule has 0 unspecified atom stereocenters. The second-order valence-electron chi connectivity index (χ2n) is 8.57. The van der Waals surface area contributed by atoms with Crippen LogP contribution in [0.4, 0.5) is 16.2 Å². The van der Waals surface area contributed by atoms with E-state index in [1.807, 2.05) is 61.5 Å². The summed E-state index contributed by atoms with van der Waals surface area (Å²) in [5.74, 6) is -0.148. The second kappa shape index (κ2) is 11.0. The van der Waals surface area contributed by atoms with Crippen LogP contribution in [0, 0.1) is 0 Å². The monoisotopic (exact) mass is 500 g/mol. The standard InChI is InChI=1S/C28H28N4O3S/c1-32(2)25-9-5-8-23(17-25)26-10-3-4-11-27(26)36(34,35)20-21-12-14-24(15-13-21)31-28(33)30-19-22-7-6-16-29-18-22/h3-18H,19-20H2,1-2H3,(H2,30,31,33). The molecule has 0 radical (unpaired) electrons. The lowest BCUT2D eigenvalue weighted by molar-refractivity contribution is 0.251. The van der Waals surface area contributed by atoms with Gasteiger partial charge in [-0.2, -0.15) is 0 Å². The molecular weight excluding hydrogens is 472 g/mol. The van der Waals surface area contributed by atoms with Crippen molar-refractivity contribution in [3.05, 3.63) is 108 Å². The molecule has 36 heavy (non-hydrogen) atoms. The lowest BCUT2D eigenvalue weighted by Crippen LogP contribution is -2.28. The zero-order chi connectivity index (χ0) is 25.5. The predicted octanol–water partition coefficient (Wildman–Crippen LogP) is 5.11. The van der Waals surface area contributed by atoms with Gasteiger partial charge in [0, 0.05) is 50.0 Å². The van der Waals surface area contributed by atoms with Crippen molar-refractivity contribution in [2.75, 3.05) is 24.3 Å². The Morgan fingerprint density at radius 2 is 1.67 bits per heavy atom. The number of sulfone groups is 1. The molecule has 0 aliphatic heterocycles. The maximum atomic E-state index is 13.4. The molecule has 0 atom stereocenters. The van der Waals surface area contributed by atoms with E-state index in [0.29, 0.717) is 23.4 Å². The fourth-order valence-electron chi connectivity index (χ4n) is 3.77. The molecule has 4 rings (SSSR count). The van der Waals surface area contributed by atoms with Crippen LogP contribution in [0.15, 0.2) is 102 Å². The maximum absolute atomic E-state index is 13.4. The maximum Gasteiger partial charge on any atom is 0.319 e. The van der Waals surface area contributed by atoms with Crippen molar-refractivity contribution in [3.8, 4) is 11.1 Å². The molecular formula is C28H28N4O3S. The molecule has 8 heteroatoms. The Kier molecular flexibility index (Phi) is 7.65. The highest BCUT2D eigenvalue weighted by Crippen LogP contribution is 2.31. The summed E-state index contributed by atoms with van der Waals surface area (Å²) in [4.78, 5) is 18.5. The summed E-state index contributed by atoms with van der Waals surface area (Å²) in [5, 5.41) is 5.52. The first kappa shape index (κ1) is 24.9. The SMILES string of the molecule is CN(C)c1cccc(-c2ccccc2S(=O)(=O)Cc2ccc(NC(=O)NCc3cccnc3)cc2)c1. The number of pyridine rings is 1. The van der Waals surface area contributed by atoms with Crippen LogP contribution in [-0.4, -0.2) is 33.5 Å². The number of hydrogen-bond acceptors (Lipinski definition) is 5. The van der Waals surface area contributed by atoms with Gasteiger partial charge in [0.15, 0.2) is 9.84 Å². The van der Waals surface area contributed by atoms with E-state index in [0.717, 1.165) is 16.8 Å². The van der Waals surface area contributed by atoms with Crippen LogP contribution in [0.1, 0.15) is 11.1 Å². The van der Waals surface area contributed by atoms with Crippen molar-refractivity contribution in [3.63, 3.8) is 0 Å². The Morgan fingerprint density at radius 1 is 0.889 bits per heavy atom. The second-order valence-corrected chi connectivity index (χ2v) is 10.5. The summed E-state index contributed by atoms with van der Waals surface area (Å²) >= 11 is 0. The number of aromatic nitrogens is 1. The van der Waals surface area contributed by atoms with E-state index in [1.165, 1.54) is 0 Å². The zero-order valence-corrected chi connectivity index (χ0v) is 21.0. The summed E-state index contributed by atoms with van der Waals surface area (Å²) in [5.41, 5.74) is 4.60. The first-order valence-electron chi connectivity index (χ1n) is 11.4. The van der Waals surface area contributed by atoms with Crippen LogP contribution in [0.2, 0.25) is 0 Å². The summed E-state index contributed by atoms with van der Waals surface area (Å²) in [7, 11) is 0.279. The Labute approximate surface area is 211 Å². The molecule has 2 N–H and O–H groups in total. The molecule has 2 amide bonds. The van der Waals surface area contributed by atoms with Crippen molar-refractivity contribution in [2.45, 2.75) is 17.2 Å². The third kappa shape index (κ3) is 6.28. The van der Waals surface area contributed by atoms with Gasteiger partial charge in [0.2, 0.25) is 0 Å². The Balaban J connectivity index is 1.45. The number of nitrogens with one attached hydrogen (secondary N) is 2. The topological polar surface area (TPSA) is 91.4 Å². The van der Waals surface area contributed by atoms with Gasteiger partial charge in [-0.3, -0.25) is 4.98 Å². The van der Waals surface area contributed by atoms with Gasteiger partial charge in [-0.1, -0.05) is 48.5 Å². The van der Waals surface area contributed by atoms with E-state index in [1.54, 1.807) is 54.9 Å². The van der Waals surface area contributed by atoms with Crippen LogP contribution >= 0.6 is 0 Å². The van der Waals surface area contributed by atoms with Crippen LogP contribution in [-0.2, 0) is 22.1 Å². The normalized spacial score (nSPS) is 11.1. The molecule has 3 aromatic carbocycles. The van der Waals surface area contributed by atoms with Gasteiger partial charge in [0.25, 0.3) is 0 Å². The van der Waals surface area contributed by atoms with Crippen molar-refractivity contribution < 1.29 is 13.2 Å². The summed E-state index contributed by atoms with van der Waals surface area (Å²) in [6, 6.07) is 25.0. The summed E-state index contributed by atoms with van der Waals surface area (Å²) < 4.78 is 26.8. The van der Waals surface area contributed by atoms with Gasteiger partial charge in [0.1, 0.15) is 0 Å². The molecule has 1 heterocycles. The number of carbonyl (C=O) groups excluding carboxylic acids is 1. The van der Waals surface area contributed by atoms with Gasteiger partial charge in [-0.25, -0.2) is 13.2 Å². The molecule has 0 aliphatic carbocycles. The molecule has 0 bridgehead atoms. The van der Waals surface area contributed by atoms with Gasteiger partial charge in [0.05, 0.1) is 10.6 Å². The number of benzene rings is 3. The molecule has 0 spiro atoms. The Morgan fingerprint density at radius 3 is 2.39 bits per heavy atom. The molecule has 184 valence electrons. The minimum atomic E-state index is -3.62. The first-order chi connectivity index (χ1) is 17.3. The molecule has 0 saturated carbocycles. The van der Waals surface area contributed by atoms with E-state index in [4.69, 9.17) is 0 Å². The molecule has 7 nitrogen and oxygen atoms in total. The minimum Gasteiger partial charge on any atom is -0.378 e. The Hall–Kier alpha value is -4.17. The van der Waals surface area contributed by atoms with Gasteiger partial charge >= 0.3 is 6.03 Å². The summed E-state index contributed by atoms with van der Waals surface area (Å²) in [6.07, 6.45) is 3.36. The number of carbonyl (C=O) groups is 1. The largest absolute Gasteiger partial charge is 0.378 e. The molecule has 0 fully saturated rings. The molecule has 0 aliphatic rings. The molecule has 0 saturated heterocycles. The van der Waals surface area contributed by atoms with Crippen LogP contribution in [0.25, 0.3) is 11.1 Å². The van der Waals surface area contributed by atoms with Crippen LogP contribution < -0.4 is 15.5 Å². The van der Waals surface area contributed by atoms with Crippen molar-refractivity contribution in [2.24, 2.45) is 0 Å². The number of amides is 2. The smallest absolute Gasteiger partial charge is 0.319 e. The average Bonchev–Trinajstić information content (AvgIpc) is 2.89. The fraction of sp³-hybridized carbons (Fsp3) is 0.143. The fourth-order valence-corrected chi connectivity index (χ4v) is 5.36. The molecule has 4 aromatic rings. The van der Waals surface area contributed by atoms with Crippen LogP contribution in [0.3, 0.4) is 0 Å². The summed E-state index contributed by atoms with van der Waals surface area (Å²) in [6.45, 7) is 0.354. The van der Waals surface area contributed by atoms with Gasteiger partial charge in [-0.05, 0) is 53.1 Å². The van der Waals surface area contributed by atoms with Gasteiger partial charge in [-0.15, -0.1) is 0 Å². The molecule has 1 aromatic heterocycles. The highest BCUT2D eigenvalue weighted by molar-refractivity contribution is 7.90. The third-order valence-corrected chi connectivity index (χ3v) is 7.38. The predicted molar refractivity (Wildman–Crippen MR) is 144 cm³/mol.